The number of carbonyl (C=O) groups is 1. The first-order valence-electron chi connectivity index (χ1n) is 8.32. The van der Waals surface area contributed by atoms with Crippen LogP contribution in [0.3, 0.4) is 0 Å². The van der Waals surface area contributed by atoms with Crippen LogP contribution < -0.4 is 15.1 Å². The van der Waals surface area contributed by atoms with Crippen molar-refractivity contribution in [3.63, 3.8) is 0 Å². The largest absolute Gasteiger partial charge is 0.378 e. The molecule has 0 atom stereocenters. The lowest BCUT2D eigenvalue weighted by molar-refractivity contribution is 0.0946. The van der Waals surface area contributed by atoms with Gasteiger partial charge in [0.1, 0.15) is 5.82 Å². The summed E-state index contributed by atoms with van der Waals surface area (Å²) in [6.07, 6.45) is 0. The molecule has 1 aliphatic heterocycles. The molecule has 3 rings (SSSR count). The maximum absolute atomic E-state index is 13.7. The number of benzene rings is 1. The highest BCUT2D eigenvalue weighted by atomic mass is 19.1. The number of nitrogens with one attached hydrogen (secondary N) is 1. The van der Waals surface area contributed by atoms with E-state index in [1.54, 1.807) is 11.0 Å². The minimum atomic E-state index is -0.566. The van der Waals surface area contributed by atoms with Crippen molar-refractivity contribution in [3.8, 4) is 0 Å². The third-order valence-corrected chi connectivity index (χ3v) is 3.88. The van der Waals surface area contributed by atoms with Gasteiger partial charge in [-0.15, -0.1) is 0 Å². The van der Waals surface area contributed by atoms with Gasteiger partial charge in [0.05, 0.1) is 25.3 Å². The van der Waals surface area contributed by atoms with Crippen molar-refractivity contribution >= 4 is 17.8 Å². The lowest BCUT2D eigenvalue weighted by Gasteiger charge is -2.27. The SMILES string of the molecule is CN(C)c1nc(CNC(=O)c2ccccc2F)nc(N2CCOCC2)n1. The Morgan fingerprint density at radius 3 is 2.65 bits per heavy atom. The van der Waals surface area contributed by atoms with E-state index in [2.05, 4.69) is 20.3 Å². The molecule has 1 aromatic carbocycles. The molecule has 0 unspecified atom stereocenters. The van der Waals surface area contributed by atoms with Crippen LogP contribution in [0, 0.1) is 5.82 Å². The standard InChI is InChI=1S/C17H21FN6O2/c1-23(2)16-20-14(21-17(22-16)24-7-9-26-10-8-24)11-19-15(25)12-5-3-4-6-13(12)18/h3-6H,7-11H2,1-2H3,(H,19,25). The smallest absolute Gasteiger partial charge is 0.254 e. The Kier molecular flexibility index (Phi) is 5.57. The fourth-order valence-corrected chi connectivity index (χ4v) is 2.48. The van der Waals surface area contributed by atoms with Crippen LogP contribution >= 0.6 is 0 Å². The normalized spacial score (nSPS) is 14.2. The van der Waals surface area contributed by atoms with E-state index in [0.717, 1.165) is 0 Å². The second kappa shape index (κ2) is 8.05. The Hall–Kier alpha value is -2.81. The summed E-state index contributed by atoms with van der Waals surface area (Å²) in [4.78, 5) is 29.2. The lowest BCUT2D eigenvalue weighted by Crippen LogP contribution is -2.38. The third-order valence-electron chi connectivity index (χ3n) is 3.88. The summed E-state index contributed by atoms with van der Waals surface area (Å²) in [7, 11) is 3.67. The average Bonchev–Trinajstić information content (AvgIpc) is 2.67. The minimum Gasteiger partial charge on any atom is -0.378 e. The summed E-state index contributed by atoms with van der Waals surface area (Å²) in [6, 6.07) is 5.83. The summed E-state index contributed by atoms with van der Waals surface area (Å²) < 4.78 is 19.1. The number of aromatic nitrogens is 3. The predicted molar refractivity (Wildman–Crippen MR) is 94.8 cm³/mol. The molecule has 8 nitrogen and oxygen atoms in total. The van der Waals surface area contributed by atoms with Crippen molar-refractivity contribution in [2.24, 2.45) is 0 Å². The number of nitrogens with zero attached hydrogens (tertiary/aromatic N) is 5. The van der Waals surface area contributed by atoms with Crippen LogP contribution in [-0.4, -0.2) is 61.3 Å². The molecular weight excluding hydrogens is 339 g/mol. The van der Waals surface area contributed by atoms with E-state index < -0.39 is 11.7 Å². The summed E-state index contributed by atoms with van der Waals surface area (Å²) in [5.41, 5.74) is -0.0113. The van der Waals surface area contributed by atoms with Crippen LogP contribution in [-0.2, 0) is 11.3 Å². The molecule has 0 radical (unpaired) electrons. The fraction of sp³-hybridized carbons (Fsp3) is 0.412. The average molecular weight is 360 g/mol. The van der Waals surface area contributed by atoms with Crippen molar-refractivity contribution in [2.75, 3.05) is 50.2 Å². The molecule has 1 saturated heterocycles. The summed E-state index contributed by atoms with van der Waals surface area (Å²) in [5, 5.41) is 2.66. The third kappa shape index (κ3) is 4.23. The van der Waals surface area contributed by atoms with E-state index in [1.165, 1.54) is 18.2 Å². The summed E-state index contributed by atoms with van der Waals surface area (Å²) >= 11 is 0. The van der Waals surface area contributed by atoms with E-state index >= 15 is 0 Å². The first kappa shape index (κ1) is 18.0. The lowest BCUT2D eigenvalue weighted by atomic mass is 10.2. The molecular formula is C17H21FN6O2. The van der Waals surface area contributed by atoms with Gasteiger partial charge < -0.3 is 19.9 Å². The van der Waals surface area contributed by atoms with Crippen LogP contribution in [0.2, 0.25) is 0 Å². The molecule has 1 N–H and O–H groups in total. The van der Waals surface area contributed by atoms with Crippen LogP contribution in [0.5, 0.6) is 0 Å². The van der Waals surface area contributed by atoms with E-state index in [1.807, 2.05) is 19.0 Å². The van der Waals surface area contributed by atoms with Crippen molar-refractivity contribution in [3.05, 3.63) is 41.5 Å². The second-order valence-corrected chi connectivity index (χ2v) is 6.01. The number of amides is 1. The number of anilines is 2. The Morgan fingerprint density at radius 2 is 1.96 bits per heavy atom. The number of hydrogen-bond acceptors (Lipinski definition) is 7. The van der Waals surface area contributed by atoms with Crippen LogP contribution in [0.15, 0.2) is 24.3 Å². The van der Waals surface area contributed by atoms with Crippen molar-refractivity contribution < 1.29 is 13.9 Å². The maximum Gasteiger partial charge on any atom is 0.254 e. The molecule has 26 heavy (non-hydrogen) atoms. The number of rotatable bonds is 5. The summed E-state index contributed by atoms with van der Waals surface area (Å²) in [6.45, 7) is 2.69. The zero-order chi connectivity index (χ0) is 18.5. The first-order chi connectivity index (χ1) is 12.5. The molecule has 0 spiro atoms. The Bertz CT molecular complexity index is 780. The maximum atomic E-state index is 13.7. The molecule has 2 heterocycles. The second-order valence-electron chi connectivity index (χ2n) is 6.01. The molecule has 1 aromatic heterocycles. The summed E-state index contributed by atoms with van der Waals surface area (Å²) in [5.74, 6) is 0.375. The van der Waals surface area contributed by atoms with Gasteiger partial charge in [0.15, 0.2) is 5.82 Å². The van der Waals surface area contributed by atoms with Gasteiger partial charge in [-0.1, -0.05) is 12.1 Å². The highest BCUT2D eigenvalue weighted by Gasteiger charge is 2.18. The number of ether oxygens (including phenoxy) is 1. The quantitative estimate of drug-likeness (QED) is 0.846. The van der Waals surface area contributed by atoms with Gasteiger partial charge >= 0.3 is 0 Å². The predicted octanol–water partition coefficient (Wildman–Crippen LogP) is 0.843. The molecule has 138 valence electrons. The molecule has 1 aliphatic rings. The van der Waals surface area contributed by atoms with Crippen molar-refractivity contribution in [1.29, 1.82) is 0 Å². The van der Waals surface area contributed by atoms with Gasteiger partial charge in [-0.3, -0.25) is 4.79 Å². The Balaban J connectivity index is 1.77. The highest BCUT2D eigenvalue weighted by Crippen LogP contribution is 2.14. The molecule has 1 amide bonds. The molecule has 2 aromatic rings. The number of carbonyl (C=O) groups excluding carboxylic acids is 1. The van der Waals surface area contributed by atoms with Gasteiger partial charge in [-0.2, -0.15) is 15.0 Å². The Labute approximate surface area is 151 Å². The van der Waals surface area contributed by atoms with E-state index in [4.69, 9.17) is 4.74 Å². The fourth-order valence-electron chi connectivity index (χ4n) is 2.48. The molecule has 1 fully saturated rings. The van der Waals surface area contributed by atoms with Gasteiger partial charge in [-0.25, -0.2) is 4.39 Å². The van der Waals surface area contributed by atoms with Crippen LogP contribution in [0.1, 0.15) is 16.2 Å². The number of morpholine rings is 1. The molecule has 0 saturated carbocycles. The van der Waals surface area contributed by atoms with Gasteiger partial charge in [0.25, 0.3) is 5.91 Å². The topological polar surface area (TPSA) is 83.5 Å². The van der Waals surface area contributed by atoms with E-state index in [-0.39, 0.29) is 12.1 Å². The zero-order valence-corrected chi connectivity index (χ0v) is 14.8. The van der Waals surface area contributed by atoms with Gasteiger partial charge in [0, 0.05) is 27.2 Å². The number of halogens is 1. The molecule has 0 aliphatic carbocycles. The first-order valence-corrected chi connectivity index (χ1v) is 8.32. The minimum absolute atomic E-state index is 0.0113. The van der Waals surface area contributed by atoms with Crippen molar-refractivity contribution in [1.82, 2.24) is 20.3 Å². The highest BCUT2D eigenvalue weighted by molar-refractivity contribution is 5.94. The Morgan fingerprint density at radius 1 is 1.23 bits per heavy atom. The zero-order valence-electron chi connectivity index (χ0n) is 14.8. The van der Waals surface area contributed by atoms with E-state index in [0.29, 0.717) is 44.0 Å². The molecule has 9 heteroatoms. The molecule has 0 bridgehead atoms. The number of hydrogen-bond donors (Lipinski definition) is 1. The van der Waals surface area contributed by atoms with Gasteiger partial charge in [-0.05, 0) is 12.1 Å². The van der Waals surface area contributed by atoms with Crippen LogP contribution in [0.25, 0.3) is 0 Å². The van der Waals surface area contributed by atoms with Gasteiger partial charge in [0.2, 0.25) is 11.9 Å². The van der Waals surface area contributed by atoms with Crippen molar-refractivity contribution in [2.45, 2.75) is 6.54 Å². The van der Waals surface area contributed by atoms with E-state index in [9.17, 15) is 9.18 Å². The monoisotopic (exact) mass is 360 g/mol. The van der Waals surface area contributed by atoms with Crippen LogP contribution in [0.4, 0.5) is 16.3 Å².